The van der Waals surface area contributed by atoms with Crippen molar-refractivity contribution in [3.63, 3.8) is 0 Å². The summed E-state index contributed by atoms with van der Waals surface area (Å²) in [5.74, 6) is 0.700. The average molecular weight is 448 g/mol. The maximum Gasteiger partial charge on any atom is 0.266 e. The normalized spacial score (nSPS) is 10.5. The van der Waals surface area contributed by atoms with Gasteiger partial charge in [0.2, 0.25) is 0 Å². The highest BCUT2D eigenvalue weighted by Crippen LogP contribution is 2.31. The molecule has 1 N–H and O–H groups in total. The number of carbonyl (C=O) groups excluding carboxylic acids is 1. The summed E-state index contributed by atoms with van der Waals surface area (Å²) in [5.41, 5.74) is 1.23. The van der Waals surface area contributed by atoms with Gasteiger partial charge in [0.05, 0.1) is 24.4 Å². The van der Waals surface area contributed by atoms with Crippen LogP contribution < -0.4 is 20.3 Å². The van der Waals surface area contributed by atoms with Gasteiger partial charge in [0, 0.05) is 18.2 Å². The molecular weight excluding hydrogens is 429 g/mol. The van der Waals surface area contributed by atoms with Gasteiger partial charge in [-0.05, 0) is 42.5 Å². The molecule has 0 aliphatic carbocycles. The van der Waals surface area contributed by atoms with Crippen molar-refractivity contribution < 1.29 is 14.3 Å². The van der Waals surface area contributed by atoms with E-state index in [1.54, 1.807) is 31.4 Å². The average Bonchev–Trinajstić information content (AvgIpc) is 2.76. The van der Waals surface area contributed by atoms with E-state index in [4.69, 9.17) is 32.7 Å². The predicted octanol–water partition coefficient (Wildman–Crippen LogP) is 3.42. The Balaban J connectivity index is 1.55. The maximum atomic E-state index is 12.1. The lowest BCUT2D eigenvalue weighted by Crippen LogP contribution is -2.34. The van der Waals surface area contributed by atoms with E-state index in [-0.39, 0.29) is 36.2 Å². The minimum absolute atomic E-state index is 0.213. The topological polar surface area (TPSA) is 82.5 Å². The van der Waals surface area contributed by atoms with Gasteiger partial charge in [-0.2, -0.15) is 5.10 Å². The quantitative estimate of drug-likeness (QED) is 0.571. The Bertz CT molecular complexity index is 1080. The van der Waals surface area contributed by atoms with Crippen molar-refractivity contribution >= 4 is 29.1 Å². The van der Waals surface area contributed by atoms with Crippen LogP contribution in [0, 0.1) is 0 Å². The molecule has 0 aliphatic heterocycles. The van der Waals surface area contributed by atoms with Crippen LogP contribution in [0.25, 0.3) is 11.3 Å². The standard InChI is InChI=1S/C21H19Cl2N3O4/c1-29-15-7-5-14(6-8-15)17-9-10-20(28)26(25-17)12-11-24-19(27)13-30-18-4-2-3-16(22)21(18)23/h2-10H,11-13H2,1H3,(H,24,27). The van der Waals surface area contributed by atoms with Crippen LogP contribution in [-0.4, -0.2) is 35.9 Å². The summed E-state index contributed by atoms with van der Waals surface area (Å²) in [6, 6.07) is 15.4. The zero-order chi connectivity index (χ0) is 21.5. The zero-order valence-corrected chi connectivity index (χ0v) is 17.6. The Morgan fingerprint density at radius 1 is 1.10 bits per heavy atom. The van der Waals surface area contributed by atoms with E-state index in [1.807, 2.05) is 24.3 Å². The predicted molar refractivity (Wildman–Crippen MR) is 115 cm³/mol. The second-order valence-electron chi connectivity index (χ2n) is 6.20. The molecule has 3 rings (SSSR count). The molecule has 0 spiro atoms. The minimum atomic E-state index is -0.356. The molecule has 0 bridgehead atoms. The monoisotopic (exact) mass is 447 g/mol. The van der Waals surface area contributed by atoms with Crippen molar-refractivity contribution in [3.8, 4) is 22.8 Å². The number of ether oxygens (including phenoxy) is 2. The lowest BCUT2D eigenvalue weighted by molar-refractivity contribution is -0.123. The molecule has 0 atom stereocenters. The molecule has 156 valence electrons. The number of amides is 1. The molecule has 0 radical (unpaired) electrons. The molecule has 30 heavy (non-hydrogen) atoms. The molecule has 9 heteroatoms. The fraction of sp³-hybridized carbons (Fsp3) is 0.190. The number of aromatic nitrogens is 2. The number of nitrogens with one attached hydrogen (secondary N) is 1. The molecule has 1 aromatic heterocycles. The molecule has 0 saturated heterocycles. The fourth-order valence-electron chi connectivity index (χ4n) is 2.62. The molecule has 1 amide bonds. The largest absolute Gasteiger partial charge is 0.497 e. The Hall–Kier alpha value is -3.03. The van der Waals surface area contributed by atoms with Gasteiger partial charge in [0.25, 0.3) is 11.5 Å². The summed E-state index contributed by atoms with van der Waals surface area (Å²) in [6.07, 6.45) is 0. The third kappa shape index (κ3) is 5.52. The summed E-state index contributed by atoms with van der Waals surface area (Å²) in [5, 5.41) is 7.63. The van der Waals surface area contributed by atoms with Crippen LogP contribution in [0.3, 0.4) is 0 Å². The van der Waals surface area contributed by atoms with Gasteiger partial charge in [0.1, 0.15) is 16.5 Å². The van der Waals surface area contributed by atoms with Crippen LogP contribution in [-0.2, 0) is 11.3 Å². The summed E-state index contributed by atoms with van der Waals surface area (Å²) in [7, 11) is 1.59. The van der Waals surface area contributed by atoms with Gasteiger partial charge >= 0.3 is 0 Å². The molecule has 0 fully saturated rings. The number of hydrogen-bond donors (Lipinski definition) is 1. The number of carbonyl (C=O) groups is 1. The maximum absolute atomic E-state index is 12.1. The first-order chi connectivity index (χ1) is 14.5. The van der Waals surface area contributed by atoms with Crippen molar-refractivity contribution in [1.29, 1.82) is 0 Å². The van der Waals surface area contributed by atoms with E-state index >= 15 is 0 Å². The highest BCUT2D eigenvalue weighted by atomic mass is 35.5. The van der Waals surface area contributed by atoms with Crippen molar-refractivity contribution in [2.45, 2.75) is 6.54 Å². The summed E-state index contributed by atoms with van der Waals surface area (Å²) >= 11 is 11.9. The van der Waals surface area contributed by atoms with Gasteiger partial charge in [-0.3, -0.25) is 9.59 Å². The van der Waals surface area contributed by atoms with Gasteiger partial charge in [0.15, 0.2) is 6.61 Å². The van der Waals surface area contributed by atoms with Crippen LogP contribution >= 0.6 is 23.2 Å². The van der Waals surface area contributed by atoms with Gasteiger partial charge in [-0.1, -0.05) is 29.3 Å². The Kier molecular flexibility index (Phi) is 7.32. The van der Waals surface area contributed by atoms with Crippen LogP contribution in [0.4, 0.5) is 0 Å². The third-order valence-electron chi connectivity index (χ3n) is 4.17. The first kappa shape index (κ1) is 21.7. The fourth-order valence-corrected chi connectivity index (χ4v) is 2.96. The number of hydrogen-bond acceptors (Lipinski definition) is 5. The Morgan fingerprint density at radius 2 is 1.87 bits per heavy atom. The molecule has 2 aromatic carbocycles. The Morgan fingerprint density at radius 3 is 2.60 bits per heavy atom. The second-order valence-corrected chi connectivity index (χ2v) is 6.98. The first-order valence-electron chi connectivity index (χ1n) is 9.04. The zero-order valence-electron chi connectivity index (χ0n) is 16.1. The van der Waals surface area contributed by atoms with Crippen LogP contribution in [0.1, 0.15) is 0 Å². The van der Waals surface area contributed by atoms with Gasteiger partial charge in [-0.25, -0.2) is 4.68 Å². The van der Waals surface area contributed by atoms with Crippen molar-refractivity contribution in [3.05, 3.63) is 75.0 Å². The summed E-state index contributed by atoms with van der Waals surface area (Å²) in [6.45, 7) is 0.200. The van der Waals surface area contributed by atoms with Crippen LogP contribution in [0.2, 0.25) is 10.0 Å². The van der Waals surface area contributed by atoms with E-state index in [0.29, 0.717) is 16.5 Å². The van der Waals surface area contributed by atoms with Gasteiger partial charge in [-0.15, -0.1) is 0 Å². The van der Waals surface area contributed by atoms with Crippen LogP contribution in [0.15, 0.2) is 59.4 Å². The van der Waals surface area contributed by atoms with E-state index in [0.717, 1.165) is 11.3 Å². The highest BCUT2D eigenvalue weighted by molar-refractivity contribution is 6.42. The van der Waals surface area contributed by atoms with E-state index in [2.05, 4.69) is 10.4 Å². The number of benzene rings is 2. The molecule has 7 nitrogen and oxygen atoms in total. The number of methoxy groups -OCH3 is 1. The van der Waals surface area contributed by atoms with Crippen LogP contribution in [0.5, 0.6) is 11.5 Å². The number of nitrogens with zero attached hydrogens (tertiary/aromatic N) is 2. The molecule has 1 heterocycles. The summed E-state index contributed by atoms with van der Waals surface area (Å²) < 4.78 is 11.8. The molecule has 0 saturated carbocycles. The summed E-state index contributed by atoms with van der Waals surface area (Å²) in [4.78, 5) is 24.1. The molecule has 0 unspecified atom stereocenters. The number of rotatable bonds is 8. The SMILES string of the molecule is COc1ccc(-c2ccc(=O)n(CCNC(=O)COc3cccc(Cl)c3Cl)n2)cc1. The minimum Gasteiger partial charge on any atom is -0.497 e. The van der Waals surface area contributed by atoms with E-state index in [9.17, 15) is 9.59 Å². The highest BCUT2D eigenvalue weighted by Gasteiger charge is 2.09. The van der Waals surface area contributed by atoms with Crippen molar-refractivity contribution in [2.24, 2.45) is 0 Å². The van der Waals surface area contributed by atoms with E-state index < -0.39 is 0 Å². The Labute approximate surface area is 183 Å². The lowest BCUT2D eigenvalue weighted by atomic mass is 10.1. The molecule has 3 aromatic rings. The smallest absolute Gasteiger partial charge is 0.266 e. The van der Waals surface area contributed by atoms with Gasteiger partial charge < -0.3 is 14.8 Å². The van der Waals surface area contributed by atoms with Crippen molar-refractivity contribution in [2.75, 3.05) is 20.3 Å². The van der Waals surface area contributed by atoms with E-state index in [1.165, 1.54) is 10.7 Å². The van der Waals surface area contributed by atoms with Crippen molar-refractivity contribution in [1.82, 2.24) is 15.1 Å². The first-order valence-corrected chi connectivity index (χ1v) is 9.79. The lowest BCUT2D eigenvalue weighted by Gasteiger charge is -2.10. The molecule has 0 aliphatic rings. The molecular formula is C21H19Cl2N3O4. The second kappa shape index (κ2) is 10.1. The third-order valence-corrected chi connectivity index (χ3v) is 4.97. The number of halogens is 2.